The van der Waals surface area contributed by atoms with Crippen LogP contribution in [0.15, 0.2) is 46.9 Å². The van der Waals surface area contributed by atoms with Gasteiger partial charge in [0.1, 0.15) is 5.82 Å². The van der Waals surface area contributed by atoms with Gasteiger partial charge in [0.05, 0.1) is 25.8 Å². The van der Waals surface area contributed by atoms with Gasteiger partial charge in [-0.25, -0.2) is 9.18 Å². The fraction of sp³-hybridized carbons (Fsp3) is 0.531. The molecule has 0 atom stereocenters. The van der Waals surface area contributed by atoms with Crippen LogP contribution in [0.5, 0.6) is 0 Å². The molecule has 0 unspecified atom stereocenters. The second-order valence-corrected chi connectivity index (χ2v) is 12.5. The van der Waals surface area contributed by atoms with E-state index in [2.05, 4.69) is 27.3 Å². The number of aromatic nitrogens is 2. The maximum atomic E-state index is 15.3. The first-order valence-electron chi connectivity index (χ1n) is 15.8. The molecule has 2 aromatic carbocycles. The van der Waals surface area contributed by atoms with Crippen molar-refractivity contribution in [1.29, 1.82) is 0 Å². The Morgan fingerprint density at radius 3 is 2.39 bits per heavy atom. The molecule has 10 nitrogen and oxygen atoms in total. The fourth-order valence-corrected chi connectivity index (χ4v) is 6.19. The molecule has 5 rings (SSSR count). The zero-order chi connectivity index (χ0) is 33.1. The maximum Gasteiger partial charge on any atom is 0.324 e. The molecule has 2 aliphatic heterocycles. The highest BCUT2D eigenvalue weighted by Crippen LogP contribution is 2.27. The first-order chi connectivity index (χ1) is 22.3. The molecule has 14 heteroatoms. The summed E-state index contributed by atoms with van der Waals surface area (Å²) in [5.74, 6) is -0.935. The van der Waals surface area contributed by atoms with Gasteiger partial charge in [0.2, 0.25) is 5.89 Å². The zero-order valence-corrected chi connectivity index (χ0v) is 27.4. The van der Waals surface area contributed by atoms with Crippen LogP contribution in [0, 0.1) is 5.82 Å². The normalized spacial score (nSPS) is 15.5. The smallest absolute Gasteiger partial charge is 0.324 e. The minimum atomic E-state index is -2.93. The number of carbonyl (C=O) groups is 1. The number of hydrogen-bond donors (Lipinski definition) is 1. The van der Waals surface area contributed by atoms with Gasteiger partial charge in [0.15, 0.2) is 0 Å². The Hall–Kier alpha value is -3.33. The number of amides is 2. The van der Waals surface area contributed by atoms with Crippen molar-refractivity contribution < 1.29 is 31.3 Å². The summed E-state index contributed by atoms with van der Waals surface area (Å²) in [7, 11) is -0.966. The van der Waals surface area contributed by atoms with E-state index in [0.717, 1.165) is 50.9 Å². The van der Waals surface area contributed by atoms with Crippen molar-refractivity contribution in [1.82, 2.24) is 25.3 Å². The Morgan fingerprint density at radius 2 is 1.80 bits per heavy atom. The summed E-state index contributed by atoms with van der Waals surface area (Å²) in [6, 6.07) is 11.8. The topological polar surface area (TPSA) is 104 Å². The maximum absolute atomic E-state index is 15.3. The third kappa shape index (κ3) is 9.36. The van der Waals surface area contributed by atoms with Gasteiger partial charge in [-0.3, -0.25) is 14.0 Å². The Morgan fingerprint density at radius 1 is 1.09 bits per heavy atom. The van der Waals surface area contributed by atoms with Crippen molar-refractivity contribution in [2.24, 2.45) is 0 Å². The molecule has 3 aromatic rings. The number of rotatable bonds is 13. The van der Waals surface area contributed by atoms with E-state index in [1.54, 1.807) is 4.90 Å². The van der Waals surface area contributed by atoms with Gasteiger partial charge in [-0.2, -0.15) is 8.78 Å². The molecular weight excluding hydrogens is 621 g/mol. The molecule has 2 aliphatic rings. The molecule has 2 saturated heterocycles. The average molecular weight is 665 g/mol. The summed E-state index contributed by atoms with van der Waals surface area (Å²) in [6.07, 6.45) is -1.84. The lowest BCUT2D eigenvalue weighted by Gasteiger charge is -2.37. The lowest BCUT2D eigenvalue weighted by Crippen LogP contribution is -2.51. The molecule has 2 fully saturated rings. The van der Waals surface area contributed by atoms with Crippen LogP contribution in [-0.4, -0.2) is 93.7 Å². The number of hydrogen-bond acceptors (Lipinski definition) is 8. The van der Waals surface area contributed by atoms with Crippen LogP contribution in [-0.2, 0) is 28.6 Å². The minimum Gasteiger partial charge on any atom is -0.415 e. The van der Waals surface area contributed by atoms with Gasteiger partial charge < -0.3 is 19.4 Å². The van der Waals surface area contributed by atoms with E-state index in [1.807, 2.05) is 38.1 Å². The Balaban J connectivity index is 0.00000235. The first kappa shape index (κ1) is 35.5. The minimum absolute atomic E-state index is 0.0770. The molecule has 3 heterocycles. The van der Waals surface area contributed by atoms with Crippen molar-refractivity contribution >= 4 is 22.5 Å². The summed E-state index contributed by atoms with van der Waals surface area (Å²) in [6.45, 7) is 11.8. The lowest BCUT2D eigenvalue weighted by molar-refractivity contribution is -0.0642. The quantitative estimate of drug-likeness (QED) is 0.248. The van der Waals surface area contributed by atoms with Crippen molar-refractivity contribution in [3.63, 3.8) is 0 Å². The monoisotopic (exact) mass is 664 g/mol. The van der Waals surface area contributed by atoms with E-state index in [1.165, 1.54) is 17.0 Å². The van der Waals surface area contributed by atoms with Crippen LogP contribution < -0.4 is 10.2 Å². The summed E-state index contributed by atoms with van der Waals surface area (Å²) < 4.78 is 63.2. The predicted molar refractivity (Wildman–Crippen MR) is 172 cm³/mol. The second kappa shape index (κ2) is 17.5. The fourth-order valence-electron chi connectivity index (χ4n) is 5.13. The van der Waals surface area contributed by atoms with Gasteiger partial charge in [0, 0.05) is 71.8 Å². The largest absolute Gasteiger partial charge is 0.415 e. The van der Waals surface area contributed by atoms with E-state index in [-0.39, 0.29) is 29.6 Å². The van der Waals surface area contributed by atoms with E-state index in [4.69, 9.17) is 9.15 Å². The molecule has 46 heavy (non-hydrogen) atoms. The van der Waals surface area contributed by atoms with E-state index >= 15 is 4.39 Å². The number of nitrogens with one attached hydrogen (secondary N) is 1. The summed E-state index contributed by atoms with van der Waals surface area (Å²) in [5, 5.41) is 10.4. The van der Waals surface area contributed by atoms with Gasteiger partial charge in [-0.15, -0.1) is 10.2 Å². The number of anilines is 1. The Kier molecular flexibility index (Phi) is 13.6. The molecule has 252 valence electrons. The lowest BCUT2D eigenvalue weighted by atomic mass is 10.1. The van der Waals surface area contributed by atoms with E-state index < -0.39 is 28.9 Å². The summed E-state index contributed by atoms with van der Waals surface area (Å²) in [5.41, 5.74) is 2.00. The zero-order valence-electron chi connectivity index (χ0n) is 26.6. The summed E-state index contributed by atoms with van der Waals surface area (Å²) in [4.78, 5) is 19.2. The van der Waals surface area contributed by atoms with Crippen LogP contribution in [0.25, 0.3) is 11.5 Å². The molecule has 1 aromatic heterocycles. The second-order valence-electron chi connectivity index (χ2n) is 10.8. The highest BCUT2D eigenvalue weighted by Gasteiger charge is 2.28. The van der Waals surface area contributed by atoms with E-state index in [0.29, 0.717) is 42.9 Å². The number of alkyl halides is 2. The SMILES string of the molecule is CC.CCCN(CCNCc1ccc(N(Cc2ccc(-c3nnc(C(F)F)o3)cc2F)C(=O)N2CCS(=O)CC2)cc1)C1COC1. The molecule has 0 aliphatic carbocycles. The molecule has 1 N–H and O–H groups in total. The average Bonchev–Trinajstić information content (AvgIpc) is 3.54. The highest BCUT2D eigenvalue weighted by molar-refractivity contribution is 7.85. The van der Waals surface area contributed by atoms with Crippen molar-refractivity contribution in [3.05, 3.63) is 65.3 Å². The van der Waals surface area contributed by atoms with Crippen molar-refractivity contribution in [2.45, 2.75) is 52.7 Å². The van der Waals surface area contributed by atoms with Gasteiger partial charge in [-0.05, 0) is 42.8 Å². The Labute approximate surface area is 270 Å². The first-order valence-corrected chi connectivity index (χ1v) is 17.2. The summed E-state index contributed by atoms with van der Waals surface area (Å²) >= 11 is 0. The van der Waals surface area contributed by atoms with Crippen LogP contribution in [0.2, 0.25) is 0 Å². The molecule has 2 amide bonds. The van der Waals surface area contributed by atoms with Crippen molar-refractivity contribution in [2.75, 3.05) is 62.3 Å². The number of urea groups is 1. The number of ether oxygens (including phenoxy) is 1. The molecule has 0 spiro atoms. The van der Waals surface area contributed by atoms with Crippen LogP contribution in [0.1, 0.15) is 50.6 Å². The highest BCUT2D eigenvalue weighted by atomic mass is 32.2. The number of halogens is 3. The van der Waals surface area contributed by atoms with Gasteiger partial charge >= 0.3 is 12.5 Å². The number of nitrogens with zero attached hydrogens (tertiary/aromatic N) is 5. The van der Waals surface area contributed by atoms with Crippen LogP contribution in [0.3, 0.4) is 0 Å². The number of carbonyl (C=O) groups excluding carboxylic acids is 1. The van der Waals surface area contributed by atoms with Gasteiger partial charge in [-0.1, -0.05) is 39.0 Å². The third-order valence-corrected chi connectivity index (χ3v) is 9.01. The molecular formula is C32H43F3N6O4S. The van der Waals surface area contributed by atoms with Gasteiger partial charge in [0.25, 0.3) is 5.89 Å². The van der Waals surface area contributed by atoms with E-state index in [9.17, 15) is 17.8 Å². The molecule has 0 radical (unpaired) electrons. The van der Waals surface area contributed by atoms with Crippen molar-refractivity contribution in [3.8, 4) is 11.5 Å². The predicted octanol–water partition coefficient (Wildman–Crippen LogP) is 5.23. The number of benzene rings is 2. The van der Waals surface area contributed by atoms with Crippen LogP contribution in [0.4, 0.5) is 23.7 Å². The molecule has 0 saturated carbocycles. The Bertz CT molecular complexity index is 1410. The molecule has 0 bridgehead atoms. The van der Waals surface area contributed by atoms with Crippen LogP contribution >= 0.6 is 0 Å². The standard InChI is InChI=1S/C30H37F3N6O4S.C2H6/c1-2-10-37(25-19-42-20-25)11-9-34-17-21-3-7-24(8-4-21)39(30(40)38-12-14-44(41)15-13-38)18-23-6-5-22(16-26(23)31)28-35-36-29(43-28)27(32)33;1-2/h3-8,16,25,27,34H,2,9-15,17-20H2,1H3;1-2H3. The third-order valence-electron chi connectivity index (χ3n) is 7.74.